The van der Waals surface area contributed by atoms with Crippen LogP contribution in [0.15, 0.2) is 68.0 Å². The summed E-state index contributed by atoms with van der Waals surface area (Å²) >= 11 is 0. The van der Waals surface area contributed by atoms with E-state index in [-0.39, 0.29) is 17.4 Å². The van der Waals surface area contributed by atoms with Crippen molar-refractivity contribution >= 4 is 18.4 Å². The summed E-state index contributed by atoms with van der Waals surface area (Å²) in [6.07, 6.45) is 11.1. The average Bonchev–Trinajstić information content (AvgIpc) is 2.75. The summed E-state index contributed by atoms with van der Waals surface area (Å²) in [5, 5.41) is 0. The van der Waals surface area contributed by atoms with Crippen molar-refractivity contribution in [2.45, 2.75) is 32.6 Å². The van der Waals surface area contributed by atoms with E-state index in [0.29, 0.717) is 23.2 Å². The molecular formula is C23H20N2O4. The Morgan fingerprint density at radius 1 is 1.14 bits per heavy atom. The van der Waals surface area contributed by atoms with Crippen molar-refractivity contribution in [2.75, 3.05) is 0 Å². The molecule has 2 aliphatic carbocycles. The fraction of sp³-hybridized carbons (Fsp3) is 0.217. The molecule has 0 saturated heterocycles. The van der Waals surface area contributed by atoms with Crippen LogP contribution in [0.1, 0.15) is 43.0 Å². The SMILES string of the molecule is CC1=C(N=C(OC=O)c2ccc(-c3nc4c(c(=O)o3)C=CCC4)cc2)CCC=C1. The van der Waals surface area contributed by atoms with Crippen LogP contribution in [0.2, 0.25) is 0 Å². The molecule has 0 spiro atoms. The van der Waals surface area contributed by atoms with E-state index < -0.39 is 0 Å². The highest BCUT2D eigenvalue weighted by Crippen LogP contribution is 2.23. The first kappa shape index (κ1) is 18.8. The lowest BCUT2D eigenvalue weighted by Crippen LogP contribution is -2.13. The minimum Gasteiger partial charge on any atom is -0.409 e. The molecule has 0 fully saturated rings. The van der Waals surface area contributed by atoms with E-state index in [9.17, 15) is 9.59 Å². The highest BCUT2D eigenvalue weighted by molar-refractivity contribution is 5.98. The van der Waals surface area contributed by atoms with Crippen molar-refractivity contribution in [1.82, 2.24) is 4.98 Å². The number of hydrogen-bond donors (Lipinski definition) is 0. The van der Waals surface area contributed by atoms with E-state index in [4.69, 9.17) is 9.15 Å². The maximum atomic E-state index is 12.2. The molecule has 0 atom stereocenters. The van der Waals surface area contributed by atoms with Gasteiger partial charge in [-0.2, -0.15) is 0 Å². The molecule has 29 heavy (non-hydrogen) atoms. The number of nitrogens with zero attached hydrogens (tertiary/aromatic N) is 2. The van der Waals surface area contributed by atoms with Gasteiger partial charge < -0.3 is 9.15 Å². The zero-order valence-electron chi connectivity index (χ0n) is 16.1. The summed E-state index contributed by atoms with van der Waals surface area (Å²) in [6, 6.07) is 7.09. The van der Waals surface area contributed by atoms with Gasteiger partial charge in [-0.15, -0.1) is 0 Å². The second-order valence-corrected chi connectivity index (χ2v) is 6.89. The van der Waals surface area contributed by atoms with Gasteiger partial charge in [0.2, 0.25) is 11.8 Å². The molecule has 6 nitrogen and oxygen atoms in total. The van der Waals surface area contributed by atoms with Crippen molar-refractivity contribution in [3.05, 3.63) is 81.0 Å². The van der Waals surface area contributed by atoms with Crippen LogP contribution in [-0.4, -0.2) is 17.4 Å². The third-order valence-electron chi connectivity index (χ3n) is 4.93. The number of aromatic nitrogens is 1. The number of fused-ring (bicyclic) bond motifs is 1. The van der Waals surface area contributed by atoms with Crippen molar-refractivity contribution in [3.8, 4) is 11.5 Å². The molecule has 6 heteroatoms. The third kappa shape index (κ3) is 4.01. The van der Waals surface area contributed by atoms with Gasteiger partial charge in [-0.3, -0.25) is 4.79 Å². The molecule has 1 heterocycles. The Labute approximate surface area is 168 Å². The van der Waals surface area contributed by atoms with Crippen molar-refractivity contribution in [2.24, 2.45) is 4.99 Å². The molecule has 0 amide bonds. The van der Waals surface area contributed by atoms with Gasteiger partial charge in [-0.25, -0.2) is 14.8 Å². The molecule has 4 rings (SSSR count). The Morgan fingerprint density at radius 2 is 1.90 bits per heavy atom. The van der Waals surface area contributed by atoms with Crippen molar-refractivity contribution < 1.29 is 13.9 Å². The number of hydrogen-bond acceptors (Lipinski definition) is 6. The van der Waals surface area contributed by atoms with Gasteiger partial charge in [0.1, 0.15) is 0 Å². The quantitative estimate of drug-likeness (QED) is 0.445. The molecule has 0 radical (unpaired) electrons. The lowest BCUT2D eigenvalue weighted by atomic mass is 10.0. The Morgan fingerprint density at radius 3 is 2.66 bits per heavy atom. The van der Waals surface area contributed by atoms with Gasteiger partial charge >= 0.3 is 5.63 Å². The summed E-state index contributed by atoms with van der Waals surface area (Å²) in [7, 11) is 0. The number of rotatable bonds is 4. The number of aliphatic imine (C=N–C) groups is 1. The molecule has 0 unspecified atom stereocenters. The lowest BCUT2D eigenvalue weighted by Gasteiger charge is -2.11. The molecule has 0 N–H and O–H groups in total. The average molecular weight is 388 g/mol. The first-order chi connectivity index (χ1) is 14.2. The van der Waals surface area contributed by atoms with Gasteiger partial charge in [0.15, 0.2) is 0 Å². The van der Waals surface area contributed by atoms with Crippen molar-refractivity contribution in [3.63, 3.8) is 0 Å². The number of allylic oxidation sites excluding steroid dienone is 5. The Bertz CT molecular complexity index is 1120. The minimum atomic E-state index is -0.385. The van der Waals surface area contributed by atoms with E-state index >= 15 is 0 Å². The number of aryl methyl sites for hydroxylation is 1. The van der Waals surface area contributed by atoms with Gasteiger partial charge in [0, 0.05) is 16.8 Å². The molecule has 0 saturated carbocycles. The van der Waals surface area contributed by atoms with Crippen LogP contribution in [0.5, 0.6) is 0 Å². The lowest BCUT2D eigenvalue weighted by molar-refractivity contribution is -0.121. The minimum absolute atomic E-state index is 0.237. The molecule has 0 bridgehead atoms. The van der Waals surface area contributed by atoms with Gasteiger partial charge in [0.05, 0.1) is 11.3 Å². The molecule has 2 aromatic rings. The summed E-state index contributed by atoms with van der Waals surface area (Å²) < 4.78 is 10.5. The van der Waals surface area contributed by atoms with Crippen LogP contribution in [0.4, 0.5) is 0 Å². The van der Waals surface area contributed by atoms with E-state index in [0.717, 1.165) is 42.6 Å². The number of benzene rings is 1. The molecule has 1 aromatic carbocycles. The summed E-state index contributed by atoms with van der Waals surface area (Å²) in [5.74, 6) is 0.516. The molecule has 1 aromatic heterocycles. The molecule has 2 aliphatic rings. The summed E-state index contributed by atoms with van der Waals surface area (Å²) in [5.41, 5.74) is 4.16. The van der Waals surface area contributed by atoms with Gasteiger partial charge in [0.25, 0.3) is 6.47 Å². The molecular weight excluding hydrogens is 368 g/mol. The van der Waals surface area contributed by atoms with Crippen LogP contribution in [0.3, 0.4) is 0 Å². The zero-order chi connectivity index (χ0) is 20.2. The second-order valence-electron chi connectivity index (χ2n) is 6.89. The normalized spacial score (nSPS) is 16.0. The van der Waals surface area contributed by atoms with E-state index in [1.165, 1.54) is 0 Å². The van der Waals surface area contributed by atoms with Crippen LogP contribution >= 0.6 is 0 Å². The first-order valence-electron chi connectivity index (χ1n) is 9.52. The zero-order valence-corrected chi connectivity index (χ0v) is 16.1. The predicted molar refractivity (Wildman–Crippen MR) is 110 cm³/mol. The van der Waals surface area contributed by atoms with Crippen LogP contribution in [0, 0.1) is 0 Å². The smallest absolute Gasteiger partial charge is 0.346 e. The van der Waals surface area contributed by atoms with E-state index in [1.54, 1.807) is 30.3 Å². The Hall–Kier alpha value is -3.54. The van der Waals surface area contributed by atoms with Crippen molar-refractivity contribution in [1.29, 1.82) is 0 Å². The molecule has 0 aliphatic heterocycles. The standard InChI is InChI=1S/C23H20N2O4/c1-15-6-2-4-8-19(15)24-21(28-14-26)16-10-12-17(13-11-16)22-25-20-9-5-3-7-18(20)23(27)29-22/h2-3,6-7,10-14H,4-5,8-9H2,1H3. The topological polar surface area (TPSA) is 81.8 Å². The van der Waals surface area contributed by atoms with E-state index in [1.807, 2.05) is 19.1 Å². The third-order valence-corrected chi connectivity index (χ3v) is 4.93. The number of carbonyl (C=O) groups excluding carboxylic acids is 1. The molecule has 146 valence electrons. The largest absolute Gasteiger partial charge is 0.409 e. The first-order valence-corrected chi connectivity index (χ1v) is 9.52. The van der Waals surface area contributed by atoms with E-state index in [2.05, 4.69) is 16.1 Å². The summed E-state index contributed by atoms with van der Waals surface area (Å²) in [6.45, 7) is 2.36. The highest BCUT2D eigenvalue weighted by atomic mass is 16.5. The van der Waals surface area contributed by atoms with Gasteiger partial charge in [-0.05, 0) is 68.5 Å². The maximum absolute atomic E-state index is 12.2. The van der Waals surface area contributed by atoms with Crippen LogP contribution in [0.25, 0.3) is 17.5 Å². The summed E-state index contributed by atoms with van der Waals surface area (Å²) in [4.78, 5) is 32.3. The Balaban J connectivity index is 1.67. The predicted octanol–water partition coefficient (Wildman–Crippen LogP) is 4.20. The second kappa shape index (κ2) is 8.22. The number of carbonyl (C=O) groups is 1. The monoisotopic (exact) mass is 388 g/mol. The number of ether oxygens (including phenoxy) is 1. The Kier molecular flexibility index (Phi) is 5.33. The van der Waals surface area contributed by atoms with Crippen LogP contribution in [-0.2, 0) is 16.0 Å². The fourth-order valence-corrected chi connectivity index (χ4v) is 3.37. The van der Waals surface area contributed by atoms with Gasteiger partial charge in [-0.1, -0.05) is 18.2 Å². The maximum Gasteiger partial charge on any atom is 0.346 e. The van der Waals surface area contributed by atoms with Crippen LogP contribution < -0.4 is 5.63 Å². The fourth-order valence-electron chi connectivity index (χ4n) is 3.37. The highest BCUT2D eigenvalue weighted by Gasteiger charge is 2.16.